The van der Waals surface area contributed by atoms with Crippen molar-refractivity contribution in [3.05, 3.63) is 71.6 Å². The van der Waals surface area contributed by atoms with Crippen molar-refractivity contribution in [1.82, 2.24) is 10.3 Å². The highest BCUT2D eigenvalue weighted by Crippen LogP contribution is 2.25. The summed E-state index contributed by atoms with van der Waals surface area (Å²) in [5.41, 5.74) is 2.24. The number of nitrogens with zero attached hydrogens (tertiary/aromatic N) is 1. The fourth-order valence-electron chi connectivity index (χ4n) is 3.04. The highest BCUT2D eigenvalue weighted by Gasteiger charge is 2.31. The fraction of sp³-hybridized carbons (Fsp3) is 0.182. The number of imide groups is 1. The lowest BCUT2D eigenvalue weighted by atomic mass is 10.1. The van der Waals surface area contributed by atoms with E-state index in [9.17, 15) is 14.4 Å². The molecule has 1 unspecified atom stereocenters. The molecule has 1 saturated heterocycles. The van der Waals surface area contributed by atoms with E-state index in [-0.39, 0.29) is 17.6 Å². The van der Waals surface area contributed by atoms with Crippen LogP contribution >= 0.6 is 11.8 Å². The topological polar surface area (TPSA) is 98.5 Å². The van der Waals surface area contributed by atoms with Crippen LogP contribution in [0, 0.1) is 6.92 Å². The summed E-state index contributed by atoms with van der Waals surface area (Å²) in [5, 5.41) is 1.51. The number of amides is 2. The van der Waals surface area contributed by atoms with E-state index < -0.39 is 11.2 Å². The molecular formula is C22H18N2O5S. The Bertz CT molecular complexity index is 1090. The van der Waals surface area contributed by atoms with Crippen molar-refractivity contribution in [2.75, 3.05) is 0 Å². The molecule has 0 bridgehead atoms. The summed E-state index contributed by atoms with van der Waals surface area (Å²) < 4.78 is 11.1. The molecule has 0 saturated carbocycles. The van der Waals surface area contributed by atoms with Gasteiger partial charge in [-0.05, 0) is 43.2 Å². The largest absolute Gasteiger partial charge is 0.441 e. The predicted octanol–water partition coefficient (Wildman–Crippen LogP) is 3.69. The first kappa shape index (κ1) is 19.9. The summed E-state index contributed by atoms with van der Waals surface area (Å²) in [5.74, 6) is 0.705. The number of nitrogens with one attached hydrogen (secondary N) is 1. The van der Waals surface area contributed by atoms with E-state index in [4.69, 9.17) is 9.15 Å². The predicted molar refractivity (Wildman–Crippen MR) is 111 cm³/mol. The SMILES string of the molecule is Cc1oc(-c2ccccc2)nc1CC(=O)Oc1ccc(CC2SC(=O)NC2=O)cc1. The Morgan fingerprint density at radius 3 is 2.53 bits per heavy atom. The third-order valence-electron chi connectivity index (χ3n) is 4.57. The maximum atomic E-state index is 12.3. The van der Waals surface area contributed by atoms with Gasteiger partial charge in [0.05, 0.1) is 17.4 Å². The second kappa shape index (κ2) is 8.54. The highest BCUT2D eigenvalue weighted by atomic mass is 32.2. The zero-order chi connectivity index (χ0) is 21.1. The van der Waals surface area contributed by atoms with Gasteiger partial charge in [0, 0.05) is 5.56 Å². The molecule has 1 N–H and O–H groups in total. The first-order valence-corrected chi connectivity index (χ1v) is 10.2. The van der Waals surface area contributed by atoms with Crippen LogP contribution in [0.2, 0.25) is 0 Å². The van der Waals surface area contributed by atoms with Crippen LogP contribution in [0.1, 0.15) is 17.0 Å². The second-order valence-electron chi connectivity index (χ2n) is 6.77. The molecule has 1 aliphatic heterocycles. The standard InChI is InChI=1S/C22H18N2O5S/c1-13-17(23-21(28-13)15-5-3-2-4-6-15)12-19(25)29-16-9-7-14(8-10-16)11-18-20(26)24-22(27)30-18/h2-10,18H,11-12H2,1H3,(H,24,26,27). The van der Waals surface area contributed by atoms with Gasteiger partial charge in [0.2, 0.25) is 11.8 Å². The molecule has 1 aliphatic rings. The first-order chi connectivity index (χ1) is 14.5. The number of carbonyl (C=O) groups is 3. The molecule has 4 rings (SSSR count). The van der Waals surface area contributed by atoms with E-state index in [1.807, 2.05) is 30.3 Å². The van der Waals surface area contributed by atoms with Crippen molar-refractivity contribution in [3.8, 4) is 17.2 Å². The van der Waals surface area contributed by atoms with Crippen LogP contribution in [-0.4, -0.2) is 27.3 Å². The molecule has 1 aromatic heterocycles. The molecule has 2 aromatic carbocycles. The van der Waals surface area contributed by atoms with Gasteiger partial charge in [0.1, 0.15) is 11.5 Å². The van der Waals surface area contributed by atoms with E-state index in [0.29, 0.717) is 29.5 Å². The lowest BCUT2D eigenvalue weighted by Gasteiger charge is -2.07. The molecule has 3 aromatic rings. The highest BCUT2D eigenvalue weighted by molar-refractivity contribution is 8.15. The minimum absolute atomic E-state index is 0.00901. The average molecular weight is 422 g/mol. The number of aryl methyl sites for hydroxylation is 1. The molecule has 0 aliphatic carbocycles. The molecule has 0 spiro atoms. The zero-order valence-corrected chi connectivity index (χ0v) is 16.9. The van der Waals surface area contributed by atoms with Crippen LogP contribution in [0.15, 0.2) is 59.0 Å². The molecule has 1 fully saturated rings. The van der Waals surface area contributed by atoms with Crippen LogP contribution in [0.25, 0.3) is 11.5 Å². The normalized spacial score (nSPS) is 15.8. The number of benzene rings is 2. The second-order valence-corrected chi connectivity index (χ2v) is 7.95. The zero-order valence-electron chi connectivity index (χ0n) is 16.1. The fourth-order valence-corrected chi connectivity index (χ4v) is 3.90. The Hall–Kier alpha value is -3.39. The third kappa shape index (κ3) is 4.60. The molecule has 30 heavy (non-hydrogen) atoms. The van der Waals surface area contributed by atoms with Crippen LogP contribution in [0.5, 0.6) is 5.75 Å². The molecule has 2 amide bonds. The average Bonchev–Trinajstić information content (AvgIpc) is 3.25. The summed E-state index contributed by atoms with van der Waals surface area (Å²) >= 11 is 0.985. The van der Waals surface area contributed by atoms with Crippen LogP contribution in [-0.2, 0) is 22.4 Å². The smallest absolute Gasteiger partial charge is 0.317 e. The quantitative estimate of drug-likeness (QED) is 0.478. The summed E-state index contributed by atoms with van der Waals surface area (Å²) in [6.45, 7) is 1.76. The van der Waals surface area contributed by atoms with Gasteiger partial charge in [-0.1, -0.05) is 42.1 Å². The Morgan fingerprint density at radius 1 is 1.13 bits per heavy atom. The van der Waals surface area contributed by atoms with E-state index in [1.165, 1.54) is 0 Å². The minimum Gasteiger partial charge on any atom is -0.441 e. The van der Waals surface area contributed by atoms with Crippen molar-refractivity contribution in [3.63, 3.8) is 0 Å². The number of esters is 1. The first-order valence-electron chi connectivity index (χ1n) is 9.31. The monoisotopic (exact) mass is 422 g/mol. The van der Waals surface area contributed by atoms with Gasteiger partial charge in [0.25, 0.3) is 5.24 Å². The maximum absolute atomic E-state index is 12.3. The molecule has 2 heterocycles. The summed E-state index contributed by atoms with van der Waals surface area (Å²) in [6, 6.07) is 16.3. The number of hydrogen-bond acceptors (Lipinski definition) is 7. The number of thioether (sulfide) groups is 1. The number of oxazole rings is 1. The van der Waals surface area contributed by atoms with E-state index in [2.05, 4.69) is 10.3 Å². The summed E-state index contributed by atoms with van der Waals surface area (Å²) in [6.07, 6.45) is 0.418. The van der Waals surface area contributed by atoms with Crippen molar-refractivity contribution < 1.29 is 23.5 Å². The number of carbonyl (C=O) groups excluding carboxylic acids is 3. The van der Waals surface area contributed by atoms with Crippen molar-refractivity contribution >= 4 is 28.9 Å². The molecule has 8 heteroatoms. The molecule has 152 valence electrons. The Balaban J connectivity index is 1.36. The van der Waals surface area contributed by atoms with Gasteiger partial charge in [-0.15, -0.1) is 0 Å². The van der Waals surface area contributed by atoms with Gasteiger partial charge in [0.15, 0.2) is 0 Å². The molecule has 0 radical (unpaired) electrons. The third-order valence-corrected chi connectivity index (χ3v) is 5.55. The van der Waals surface area contributed by atoms with Crippen molar-refractivity contribution in [2.24, 2.45) is 0 Å². The van der Waals surface area contributed by atoms with Crippen LogP contribution in [0.3, 0.4) is 0 Å². The van der Waals surface area contributed by atoms with Crippen LogP contribution in [0.4, 0.5) is 4.79 Å². The number of rotatable bonds is 6. The lowest BCUT2D eigenvalue weighted by Crippen LogP contribution is -2.25. The Kier molecular flexibility index (Phi) is 5.67. The molecule has 7 nitrogen and oxygen atoms in total. The minimum atomic E-state index is -0.449. The summed E-state index contributed by atoms with van der Waals surface area (Å²) in [7, 11) is 0. The number of hydrogen-bond donors (Lipinski definition) is 1. The van der Waals surface area contributed by atoms with Crippen LogP contribution < -0.4 is 10.1 Å². The Labute approximate surface area is 176 Å². The van der Waals surface area contributed by atoms with Gasteiger partial charge in [-0.25, -0.2) is 4.98 Å². The summed E-state index contributed by atoms with van der Waals surface area (Å²) in [4.78, 5) is 39.6. The molecule has 1 atom stereocenters. The Morgan fingerprint density at radius 2 is 1.87 bits per heavy atom. The van der Waals surface area contributed by atoms with Crippen molar-refractivity contribution in [2.45, 2.75) is 25.0 Å². The van der Waals surface area contributed by atoms with Gasteiger partial charge in [-0.2, -0.15) is 0 Å². The van der Waals surface area contributed by atoms with E-state index >= 15 is 0 Å². The lowest BCUT2D eigenvalue weighted by molar-refractivity contribution is -0.133. The number of ether oxygens (including phenoxy) is 1. The van der Waals surface area contributed by atoms with Gasteiger partial charge < -0.3 is 9.15 Å². The molecular weight excluding hydrogens is 404 g/mol. The van der Waals surface area contributed by atoms with Gasteiger partial charge in [-0.3, -0.25) is 19.7 Å². The van der Waals surface area contributed by atoms with E-state index in [0.717, 1.165) is 22.9 Å². The number of aromatic nitrogens is 1. The maximum Gasteiger partial charge on any atom is 0.317 e. The van der Waals surface area contributed by atoms with Gasteiger partial charge >= 0.3 is 5.97 Å². The van der Waals surface area contributed by atoms with E-state index in [1.54, 1.807) is 31.2 Å². The van der Waals surface area contributed by atoms with Crippen molar-refractivity contribution in [1.29, 1.82) is 0 Å².